The maximum Gasteiger partial charge on any atom is 0.0426 e. The van der Waals surface area contributed by atoms with Gasteiger partial charge >= 0.3 is 0 Å². The van der Waals surface area contributed by atoms with E-state index < -0.39 is 0 Å². The van der Waals surface area contributed by atoms with Crippen LogP contribution in [-0.4, -0.2) is 25.2 Å². The number of aryl methyl sites for hydroxylation is 1. The summed E-state index contributed by atoms with van der Waals surface area (Å²) in [6.45, 7) is 11.1. The molecule has 2 unspecified atom stereocenters. The number of anilines is 1. The Morgan fingerprint density at radius 1 is 1.39 bits per heavy atom. The molecule has 0 aliphatic carbocycles. The van der Waals surface area contributed by atoms with Crippen molar-refractivity contribution in [2.75, 3.05) is 18.0 Å². The molecule has 0 spiro atoms. The van der Waals surface area contributed by atoms with Gasteiger partial charge in [-0.1, -0.05) is 31.5 Å². The van der Waals surface area contributed by atoms with E-state index in [1.165, 1.54) is 11.3 Å². The standard InChI is InChI=1S/C15H23ClN2/c1-10(2)14-9-18(12(4)8-17-14)15-7-13(16)6-5-11(15)3/h5-7,10,12,14,17H,8-9H2,1-4H3. The number of nitrogens with one attached hydrogen (secondary N) is 1. The molecular weight excluding hydrogens is 244 g/mol. The van der Waals surface area contributed by atoms with Crippen molar-refractivity contribution in [1.82, 2.24) is 5.32 Å². The molecule has 1 heterocycles. The van der Waals surface area contributed by atoms with E-state index in [4.69, 9.17) is 11.6 Å². The van der Waals surface area contributed by atoms with Gasteiger partial charge in [0.1, 0.15) is 0 Å². The predicted molar refractivity (Wildman–Crippen MR) is 79.6 cm³/mol. The van der Waals surface area contributed by atoms with Gasteiger partial charge in [-0.3, -0.25) is 0 Å². The lowest BCUT2D eigenvalue weighted by atomic mass is 9.98. The largest absolute Gasteiger partial charge is 0.366 e. The molecule has 2 nitrogen and oxygen atoms in total. The van der Waals surface area contributed by atoms with Crippen LogP contribution >= 0.6 is 11.6 Å². The van der Waals surface area contributed by atoms with Gasteiger partial charge in [0.25, 0.3) is 0 Å². The number of nitrogens with zero attached hydrogens (tertiary/aromatic N) is 1. The summed E-state index contributed by atoms with van der Waals surface area (Å²) >= 11 is 6.14. The Bertz CT molecular complexity index is 417. The summed E-state index contributed by atoms with van der Waals surface area (Å²) in [5.41, 5.74) is 2.58. The quantitative estimate of drug-likeness (QED) is 0.882. The molecule has 0 saturated carbocycles. The van der Waals surface area contributed by atoms with E-state index >= 15 is 0 Å². The summed E-state index contributed by atoms with van der Waals surface area (Å²) in [5, 5.41) is 4.45. The van der Waals surface area contributed by atoms with Gasteiger partial charge in [-0.2, -0.15) is 0 Å². The second kappa shape index (κ2) is 5.50. The highest BCUT2D eigenvalue weighted by Crippen LogP contribution is 2.28. The monoisotopic (exact) mass is 266 g/mol. The Morgan fingerprint density at radius 3 is 2.78 bits per heavy atom. The molecule has 2 rings (SSSR count). The Morgan fingerprint density at radius 2 is 2.11 bits per heavy atom. The minimum Gasteiger partial charge on any atom is -0.366 e. The summed E-state index contributed by atoms with van der Waals surface area (Å²) in [4.78, 5) is 2.49. The summed E-state index contributed by atoms with van der Waals surface area (Å²) in [7, 11) is 0. The molecule has 0 amide bonds. The zero-order valence-corrected chi connectivity index (χ0v) is 12.5. The molecule has 1 aromatic carbocycles. The van der Waals surface area contributed by atoms with Crippen LogP contribution in [0, 0.1) is 12.8 Å². The van der Waals surface area contributed by atoms with Gasteiger partial charge in [-0.25, -0.2) is 0 Å². The SMILES string of the molecule is Cc1ccc(Cl)cc1N1CC(C(C)C)NCC1C. The average molecular weight is 267 g/mol. The van der Waals surface area contributed by atoms with E-state index in [1.807, 2.05) is 6.07 Å². The average Bonchev–Trinajstić information content (AvgIpc) is 2.33. The first-order valence-electron chi connectivity index (χ1n) is 6.75. The second-order valence-electron chi connectivity index (χ2n) is 5.69. The minimum atomic E-state index is 0.511. The fraction of sp³-hybridized carbons (Fsp3) is 0.600. The molecule has 1 aliphatic heterocycles. The fourth-order valence-corrected chi connectivity index (χ4v) is 2.73. The lowest BCUT2D eigenvalue weighted by Crippen LogP contribution is -2.57. The van der Waals surface area contributed by atoms with Gasteiger partial charge < -0.3 is 10.2 Å². The molecular formula is C15H23ClN2. The van der Waals surface area contributed by atoms with E-state index in [-0.39, 0.29) is 0 Å². The van der Waals surface area contributed by atoms with Crippen molar-refractivity contribution in [3.63, 3.8) is 0 Å². The first-order valence-corrected chi connectivity index (χ1v) is 7.13. The third-order valence-electron chi connectivity index (χ3n) is 3.89. The molecule has 1 aliphatic rings. The number of benzene rings is 1. The normalized spacial score (nSPS) is 24.7. The number of hydrogen-bond acceptors (Lipinski definition) is 2. The maximum absolute atomic E-state index is 6.14. The van der Waals surface area contributed by atoms with Crippen molar-refractivity contribution >= 4 is 17.3 Å². The molecule has 1 fully saturated rings. The first-order chi connectivity index (χ1) is 8.49. The molecule has 18 heavy (non-hydrogen) atoms. The molecule has 1 saturated heterocycles. The minimum absolute atomic E-state index is 0.511. The summed E-state index contributed by atoms with van der Waals surface area (Å²) in [6, 6.07) is 7.23. The Balaban J connectivity index is 2.26. The van der Waals surface area contributed by atoms with E-state index in [1.54, 1.807) is 0 Å². The summed E-state index contributed by atoms with van der Waals surface area (Å²) in [6.07, 6.45) is 0. The van der Waals surface area contributed by atoms with Gasteiger partial charge in [-0.05, 0) is 37.5 Å². The van der Waals surface area contributed by atoms with Crippen molar-refractivity contribution in [2.45, 2.75) is 39.8 Å². The molecule has 0 radical (unpaired) electrons. The highest BCUT2D eigenvalue weighted by Gasteiger charge is 2.27. The molecule has 0 bridgehead atoms. The third kappa shape index (κ3) is 2.81. The smallest absolute Gasteiger partial charge is 0.0426 e. The predicted octanol–water partition coefficient (Wildman–Crippen LogP) is 3.47. The zero-order valence-electron chi connectivity index (χ0n) is 11.7. The lowest BCUT2D eigenvalue weighted by molar-refractivity contribution is 0.337. The topological polar surface area (TPSA) is 15.3 Å². The molecule has 2 atom stereocenters. The highest BCUT2D eigenvalue weighted by molar-refractivity contribution is 6.30. The summed E-state index contributed by atoms with van der Waals surface area (Å²) < 4.78 is 0. The van der Waals surface area contributed by atoms with Crippen LogP contribution in [0.5, 0.6) is 0 Å². The van der Waals surface area contributed by atoms with Crippen LogP contribution in [0.4, 0.5) is 5.69 Å². The van der Waals surface area contributed by atoms with Gasteiger partial charge in [0, 0.05) is 35.9 Å². The highest BCUT2D eigenvalue weighted by atomic mass is 35.5. The molecule has 0 aromatic heterocycles. The zero-order chi connectivity index (χ0) is 13.3. The Hall–Kier alpha value is -0.730. The van der Waals surface area contributed by atoms with Crippen LogP contribution in [0.15, 0.2) is 18.2 Å². The van der Waals surface area contributed by atoms with Crippen molar-refractivity contribution in [1.29, 1.82) is 0 Å². The van der Waals surface area contributed by atoms with Gasteiger partial charge in [0.05, 0.1) is 0 Å². The van der Waals surface area contributed by atoms with Crippen LogP contribution in [-0.2, 0) is 0 Å². The number of hydrogen-bond donors (Lipinski definition) is 1. The van der Waals surface area contributed by atoms with E-state index in [2.05, 4.69) is 50.0 Å². The van der Waals surface area contributed by atoms with Crippen LogP contribution in [0.1, 0.15) is 26.3 Å². The van der Waals surface area contributed by atoms with Crippen LogP contribution in [0.2, 0.25) is 5.02 Å². The Kier molecular flexibility index (Phi) is 4.18. The van der Waals surface area contributed by atoms with Crippen molar-refractivity contribution in [2.24, 2.45) is 5.92 Å². The molecule has 1 aromatic rings. The van der Waals surface area contributed by atoms with E-state index in [9.17, 15) is 0 Å². The lowest BCUT2D eigenvalue weighted by Gasteiger charge is -2.42. The van der Waals surface area contributed by atoms with Crippen molar-refractivity contribution < 1.29 is 0 Å². The van der Waals surface area contributed by atoms with Crippen LogP contribution in [0.25, 0.3) is 0 Å². The molecule has 1 N–H and O–H groups in total. The molecule has 100 valence electrons. The Labute approximate surface area is 115 Å². The van der Waals surface area contributed by atoms with Crippen molar-refractivity contribution in [3.05, 3.63) is 28.8 Å². The maximum atomic E-state index is 6.14. The van der Waals surface area contributed by atoms with Gasteiger partial charge in [0.2, 0.25) is 0 Å². The summed E-state index contributed by atoms with van der Waals surface area (Å²) in [5.74, 6) is 0.652. The number of piperazine rings is 1. The number of rotatable bonds is 2. The molecule has 3 heteroatoms. The van der Waals surface area contributed by atoms with Crippen LogP contribution < -0.4 is 10.2 Å². The third-order valence-corrected chi connectivity index (χ3v) is 4.12. The fourth-order valence-electron chi connectivity index (χ4n) is 2.56. The van der Waals surface area contributed by atoms with E-state index in [0.717, 1.165) is 18.1 Å². The first kappa shape index (κ1) is 13.7. The van der Waals surface area contributed by atoms with Gasteiger partial charge in [-0.15, -0.1) is 0 Å². The van der Waals surface area contributed by atoms with Gasteiger partial charge in [0.15, 0.2) is 0 Å². The van der Waals surface area contributed by atoms with Crippen molar-refractivity contribution in [3.8, 4) is 0 Å². The second-order valence-corrected chi connectivity index (χ2v) is 6.13. The van der Waals surface area contributed by atoms with E-state index in [0.29, 0.717) is 18.0 Å². The van der Waals surface area contributed by atoms with Crippen LogP contribution in [0.3, 0.4) is 0 Å². The number of halogens is 1.